The predicted octanol–water partition coefficient (Wildman–Crippen LogP) is 3.59. The second-order valence-electron chi connectivity index (χ2n) is 4.71. The van der Waals surface area contributed by atoms with Crippen LogP contribution in [0.5, 0.6) is 0 Å². The number of anilines is 2. The smallest absolute Gasteiger partial charge is 0.262 e. The Hall–Kier alpha value is -1.60. The van der Waals surface area contributed by atoms with Gasteiger partial charge in [-0.3, -0.25) is 4.72 Å². The average molecular weight is 373 g/mol. The van der Waals surface area contributed by atoms with E-state index in [2.05, 4.69) is 20.7 Å². The summed E-state index contributed by atoms with van der Waals surface area (Å²) < 4.78 is 40.7. The standard InChI is InChI=1S/C14H14BrFN2O2S/c1-8-5-13(17)9(2)14(6-8)21(19,20)18-10-3-4-12(16)11(15)7-10/h3-7,18H,17H2,1-2H3. The molecule has 112 valence electrons. The largest absolute Gasteiger partial charge is 0.398 e. The number of rotatable bonds is 3. The molecule has 0 radical (unpaired) electrons. The Kier molecular flexibility index (Phi) is 4.25. The van der Waals surface area contributed by atoms with Crippen molar-refractivity contribution in [1.29, 1.82) is 0 Å². The molecule has 21 heavy (non-hydrogen) atoms. The number of aryl methyl sites for hydroxylation is 1. The molecule has 0 aromatic heterocycles. The SMILES string of the molecule is Cc1cc(N)c(C)c(S(=O)(=O)Nc2ccc(F)c(Br)c2)c1. The molecule has 7 heteroatoms. The molecule has 0 aliphatic heterocycles. The fourth-order valence-electron chi connectivity index (χ4n) is 1.90. The summed E-state index contributed by atoms with van der Waals surface area (Å²) in [6.45, 7) is 3.41. The maximum atomic E-state index is 13.2. The molecule has 0 saturated carbocycles. The van der Waals surface area contributed by atoms with Gasteiger partial charge in [0, 0.05) is 5.69 Å². The van der Waals surface area contributed by atoms with Crippen molar-refractivity contribution in [1.82, 2.24) is 0 Å². The van der Waals surface area contributed by atoms with Gasteiger partial charge in [0.2, 0.25) is 0 Å². The first-order valence-electron chi connectivity index (χ1n) is 6.05. The second-order valence-corrected chi connectivity index (χ2v) is 7.22. The normalized spacial score (nSPS) is 11.4. The summed E-state index contributed by atoms with van der Waals surface area (Å²) >= 11 is 3.02. The lowest BCUT2D eigenvalue weighted by molar-refractivity contribution is 0.600. The van der Waals surface area contributed by atoms with Crippen LogP contribution in [0.15, 0.2) is 39.7 Å². The van der Waals surface area contributed by atoms with Crippen LogP contribution in [0.25, 0.3) is 0 Å². The second kappa shape index (κ2) is 5.65. The Balaban J connectivity index is 2.45. The highest BCUT2D eigenvalue weighted by Crippen LogP contribution is 2.26. The first-order chi connectivity index (χ1) is 9.70. The molecule has 2 aromatic rings. The van der Waals surface area contributed by atoms with Crippen LogP contribution in [0.1, 0.15) is 11.1 Å². The number of benzene rings is 2. The fourth-order valence-corrected chi connectivity index (χ4v) is 3.69. The van der Waals surface area contributed by atoms with Crippen molar-refractivity contribution >= 4 is 37.3 Å². The van der Waals surface area contributed by atoms with Crippen molar-refractivity contribution in [2.45, 2.75) is 18.7 Å². The zero-order chi connectivity index (χ0) is 15.8. The van der Waals surface area contributed by atoms with Crippen molar-refractivity contribution in [2.24, 2.45) is 0 Å². The highest BCUT2D eigenvalue weighted by molar-refractivity contribution is 9.10. The van der Waals surface area contributed by atoms with Gasteiger partial charge in [0.1, 0.15) is 5.82 Å². The molecule has 4 nitrogen and oxygen atoms in total. The van der Waals surface area contributed by atoms with E-state index in [0.29, 0.717) is 11.3 Å². The van der Waals surface area contributed by atoms with Gasteiger partial charge in [0.15, 0.2) is 0 Å². The minimum atomic E-state index is -3.79. The summed E-state index contributed by atoms with van der Waals surface area (Å²) in [5, 5.41) is 0. The number of hydrogen-bond acceptors (Lipinski definition) is 3. The zero-order valence-corrected chi connectivity index (χ0v) is 13.8. The lowest BCUT2D eigenvalue weighted by atomic mass is 10.1. The van der Waals surface area contributed by atoms with Crippen LogP contribution >= 0.6 is 15.9 Å². The molecule has 0 amide bonds. The third-order valence-electron chi connectivity index (χ3n) is 3.01. The topological polar surface area (TPSA) is 72.2 Å². The van der Waals surface area contributed by atoms with Gasteiger partial charge in [0.05, 0.1) is 15.1 Å². The third kappa shape index (κ3) is 3.36. The Morgan fingerprint density at radius 2 is 1.86 bits per heavy atom. The van der Waals surface area contributed by atoms with Gasteiger partial charge in [-0.05, 0) is 71.2 Å². The third-order valence-corrected chi connectivity index (χ3v) is 5.12. The molecule has 0 saturated heterocycles. The number of nitrogens with two attached hydrogens (primary N) is 1. The molecule has 0 spiro atoms. The van der Waals surface area contributed by atoms with Gasteiger partial charge >= 0.3 is 0 Å². The first-order valence-corrected chi connectivity index (χ1v) is 8.33. The molecule has 2 aromatic carbocycles. The summed E-state index contributed by atoms with van der Waals surface area (Å²) in [7, 11) is -3.79. The summed E-state index contributed by atoms with van der Waals surface area (Å²) in [6, 6.07) is 7.16. The van der Waals surface area contributed by atoms with E-state index < -0.39 is 15.8 Å². The van der Waals surface area contributed by atoms with Crippen LogP contribution < -0.4 is 10.5 Å². The molecule has 0 unspecified atom stereocenters. The average Bonchev–Trinajstić information content (AvgIpc) is 2.37. The highest BCUT2D eigenvalue weighted by Gasteiger charge is 2.19. The van der Waals surface area contributed by atoms with Crippen LogP contribution in [0.4, 0.5) is 15.8 Å². The molecule has 0 fully saturated rings. The Morgan fingerprint density at radius 3 is 2.48 bits per heavy atom. The van der Waals surface area contributed by atoms with Crippen molar-refractivity contribution in [3.8, 4) is 0 Å². The number of sulfonamides is 1. The van der Waals surface area contributed by atoms with E-state index in [1.165, 1.54) is 18.2 Å². The van der Waals surface area contributed by atoms with Gasteiger partial charge < -0.3 is 5.73 Å². The molecule has 0 atom stereocenters. The highest BCUT2D eigenvalue weighted by atomic mass is 79.9. The summed E-state index contributed by atoms with van der Waals surface area (Å²) in [5.74, 6) is -0.464. The van der Waals surface area contributed by atoms with Gasteiger partial charge in [-0.2, -0.15) is 0 Å². The van der Waals surface area contributed by atoms with Crippen LogP contribution in [-0.4, -0.2) is 8.42 Å². The lowest BCUT2D eigenvalue weighted by Gasteiger charge is -2.13. The summed E-state index contributed by atoms with van der Waals surface area (Å²) in [6.07, 6.45) is 0. The molecule has 2 rings (SSSR count). The van der Waals surface area contributed by atoms with Crippen molar-refractivity contribution in [3.63, 3.8) is 0 Å². The van der Waals surface area contributed by atoms with Gasteiger partial charge in [0.25, 0.3) is 10.0 Å². The van der Waals surface area contributed by atoms with Crippen molar-refractivity contribution in [2.75, 3.05) is 10.5 Å². The van der Waals surface area contributed by atoms with E-state index in [0.717, 1.165) is 5.56 Å². The Morgan fingerprint density at radius 1 is 1.19 bits per heavy atom. The molecule has 0 aliphatic rings. The molecule has 0 aliphatic carbocycles. The van der Waals surface area contributed by atoms with Crippen molar-refractivity contribution < 1.29 is 12.8 Å². The molecule has 0 bridgehead atoms. The molecule has 0 heterocycles. The maximum Gasteiger partial charge on any atom is 0.262 e. The van der Waals surface area contributed by atoms with Gasteiger partial charge in [-0.25, -0.2) is 12.8 Å². The summed E-state index contributed by atoms with van der Waals surface area (Å²) in [4.78, 5) is 0.112. The number of nitrogen functional groups attached to an aromatic ring is 1. The monoisotopic (exact) mass is 372 g/mol. The van der Waals surface area contributed by atoms with E-state index in [1.54, 1.807) is 26.0 Å². The zero-order valence-electron chi connectivity index (χ0n) is 11.4. The van der Waals surface area contributed by atoms with E-state index in [4.69, 9.17) is 5.73 Å². The summed E-state index contributed by atoms with van der Waals surface area (Å²) in [5.41, 5.74) is 7.71. The van der Waals surface area contributed by atoms with E-state index in [9.17, 15) is 12.8 Å². The van der Waals surface area contributed by atoms with Crippen LogP contribution in [0.2, 0.25) is 0 Å². The van der Waals surface area contributed by atoms with Crippen LogP contribution in [-0.2, 0) is 10.0 Å². The van der Waals surface area contributed by atoms with Crippen molar-refractivity contribution in [3.05, 3.63) is 51.7 Å². The number of hydrogen-bond donors (Lipinski definition) is 2. The minimum Gasteiger partial charge on any atom is -0.398 e. The Bertz CT molecular complexity index is 807. The number of halogens is 2. The maximum absolute atomic E-state index is 13.2. The van der Waals surface area contributed by atoms with Crippen LogP contribution in [0.3, 0.4) is 0 Å². The van der Waals surface area contributed by atoms with Crippen LogP contribution in [0, 0.1) is 19.7 Å². The quantitative estimate of drug-likeness (QED) is 0.808. The van der Waals surface area contributed by atoms with E-state index in [1.807, 2.05) is 0 Å². The molecular formula is C14H14BrFN2O2S. The predicted molar refractivity (Wildman–Crippen MR) is 85.2 cm³/mol. The minimum absolute atomic E-state index is 0.112. The van der Waals surface area contributed by atoms with Gasteiger partial charge in [-0.15, -0.1) is 0 Å². The molecule has 3 N–H and O–H groups in total. The fraction of sp³-hybridized carbons (Fsp3) is 0.143. The van der Waals surface area contributed by atoms with E-state index >= 15 is 0 Å². The lowest BCUT2D eigenvalue weighted by Crippen LogP contribution is -2.15. The van der Waals surface area contributed by atoms with E-state index in [-0.39, 0.29) is 15.1 Å². The molecular weight excluding hydrogens is 359 g/mol. The van der Waals surface area contributed by atoms with Gasteiger partial charge in [-0.1, -0.05) is 0 Å². The first kappa shape index (κ1) is 15.8. The number of nitrogens with one attached hydrogen (secondary N) is 1. The Labute approximate surface area is 131 Å².